The van der Waals surface area contributed by atoms with Crippen molar-refractivity contribution in [3.05, 3.63) is 23.4 Å². The number of carbonyl (C=O) groups excluding carboxylic acids is 2. The first-order valence-electron chi connectivity index (χ1n) is 3.20. The highest BCUT2D eigenvalue weighted by molar-refractivity contribution is 6.54. The van der Waals surface area contributed by atoms with Crippen molar-refractivity contribution in [3.63, 3.8) is 0 Å². The second-order valence-electron chi connectivity index (χ2n) is 2.20. The van der Waals surface area contributed by atoms with E-state index in [-0.39, 0.29) is 11.6 Å². The van der Waals surface area contributed by atoms with Crippen LogP contribution in [0, 0.1) is 0 Å². The molecule has 0 fully saturated rings. The van der Waals surface area contributed by atoms with Gasteiger partial charge in [-0.2, -0.15) is 0 Å². The Hall–Kier alpha value is -0.786. The van der Waals surface area contributed by atoms with Gasteiger partial charge in [-0.1, -0.05) is 0 Å². The van der Waals surface area contributed by atoms with Crippen molar-refractivity contribution in [2.75, 3.05) is 0 Å². The molecule has 0 saturated heterocycles. The van der Waals surface area contributed by atoms with Crippen LogP contribution in [0.5, 0.6) is 0 Å². The fourth-order valence-electron chi connectivity index (χ4n) is 0.824. The average Bonchev–Trinajstić information content (AvgIpc) is 1.98. The minimum atomic E-state index is -0.902. The van der Waals surface area contributed by atoms with Gasteiger partial charge in [0.15, 0.2) is 21.3 Å². The molecule has 0 N–H and O–H groups in total. The maximum Gasteiger partial charge on any atom is 0.182 e. The number of allylic oxidation sites excluding steroid dienone is 4. The first-order valence-corrected chi connectivity index (χ1v) is 5.30. The highest BCUT2D eigenvalue weighted by Gasteiger charge is 2.12. The maximum absolute atomic E-state index is 11.0. The van der Waals surface area contributed by atoms with E-state index in [1.807, 2.05) is 0 Å². The molecule has 0 aliphatic heterocycles. The molecular weight excluding hydrogens is 176 g/mol. The normalized spacial score (nSPS) is 18.4. The molecule has 1 aliphatic rings. The lowest BCUT2D eigenvalue weighted by Crippen LogP contribution is -2.14. The minimum absolute atomic E-state index is 0.0629. The van der Waals surface area contributed by atoms with Gasteiger partial charge in [0.25, 0.3) is 0 Å². The summed E-state index contributed by atoms with van der Waals surface area (Å²) >= 11 is 0. The van der Waals surface area contributed by atoms with Crippen LogP contribution in [0.4, 0.5) is 0 Å². The molecule has 0 atom stereocenters. The zero-order valence-electron chi connectivity index (χ0n) is 6.16. The van der Waals surface area contributed by atoms with Gasteiger partial charge in [0.2, 0.25) is 0 Å². The molecule has 3 nitrogen and oxygen atoms in total. The summed E-state index contributed by atoms with van der Waals surface area (Å²) in [5.41, 5.74) is 0. The molecule has 0 aromatic heterocycles. The molecule has 1 aliphatic carbocycles. The van der Waals surface area contributed by atoms with E-state index in [9.17, 15) is 9.59 Å². The van der Waals surface area contributed by atoms with Gasteiger partial charge in [-0.15, -0.1) is 0 Å². The highest BCUT2D eigenvalue weighted by atomic mass is 28.3. The molecular formula is C6H8O3Si2. The second kappa shape index (κ2) is 3.56. The van der Waals surface area contributed by atoms with Crippen LogP contribution < -0.4 is 0 Å². The molecule has 0 aromatic rings. The Labute approximate surface area is 69.6 Å². The second-order valence-corrected chi connectivity index (χ2v) is 5.56. The van der Waals surface area contributed by atoms with Crippen LogP contribution in [-0.2, 0) is 13.7 Å². The molecule has 58 valence electrons. The predicted molar refractivity (Wildman–Crippen MR) is 46.8 cm³/mol. The molecule has 0 spiro atoms. The van der Waals surface area contributed by atoms with Crippen LogP contribution in [0.15, 0.2) is 23.4 Å². The van der Waals surface area contributed by atoms with E-state index in [1.165, 1.54) is 18.2 Å². The van der Waals surface area contributed by atoms with Gasteiger partial charge in [-0.05, 0) is 18.2 Å². The summed E-state index contributed by atoms with van der Waals surface area (Å²) in [6.07, 6.45) is 3.98. The first-order chi connectivity index (χ1) is 5.24. The van der Waals surface area contributed by atoms with E-state index in [0.29, 0.717) is 15.7 Å². The van der Waals surface area contributed by atoms with Gasteiger partial charge in [0.05, 0.1) is 0 Å². The summed E-state index contributed by atoms with van der Waals surface area (Å²) in [5, 5.41) is 0.590. The quantitative estimate of drug-likeness (QED) is 0.367. The largest absolute Gasteiger partial charge is 0.465 e. The minimum Gasteiger partial charge on any atom is -0.465 e. The molecule has 11 heavy (non-hydrogen) atoms. The number of carbonyl (C=O) groups is 2. The third-order valence-electron chi connectivity index (χ3n) is 1.33. The van der Waals surface area contributed by atoms with Crippen molar-refractivity contribution >= 4 is 31.8 Å². The van der Waals surface area contributed by atoms with Crippen molar-refractivity contribution in [1.82, 2.24) is 0 Å². The van der Waals surface area contributed by atoms with E-state index in [0.717, 1.165) is 0 Å². The van der Waals surface area contributed by atoms with Crippen molar-refractivity contribution in [3.8, 4) is 0 Å². The van der Waals surface area contributed by atoms with Gasteiger partial charge < -0.3 is 4.12 Å². The standard InChI is InChI=1S/C6H8O3Si2/c7-4-1-2-5(8)6(3-4)11-9-10/h1-3H,11H2,10H3. The van der Waals surface area contributed by atoms with E-state index < -0.39 is 9.76 Å². The van der Waals surface area contributed by atoms with Crippen molar-refractivity contribution in [2.24, 2.45) is 0 Å². The lowest BCUT2D eigenvalue weighted by Gasteiger charge is -2.03. The Morgan fingerprint density at radius 3 is 2.73 bits per heavy atom. The van der Waals surface area contributed by atoms with Gasteiger partial charge in [0, 0.05) is 5.20 Å². The zero-order chi connectivity index (χ0) is 8.27. The third kappa shape index (κ3) is 2.07. The Balaban J connectivity index is 2.76. The zero-order valence-corrected chi connectivity index (χ0v) is 9.58. The van der Waals surface area contributed by atoms with Crippen LogP contribution >= 0.6 is 0 Å². The first kappa shape index (κ1) is 8.31. The Morgan fingerprint density at radius 2 is 2.09 bits per heavy atom. The topological polar surface area (TPSA) is 43.4 Å². The summed E-state index contributed by atoms with van der Waals surface area (Å²) in [6.45, 7) is 0. The Bertz CT molecular complexity index is 255. The lowest BCUT2D eigenvalue weighted by atomic mass is 10.2. The highest BCUT2D eigenvalue weighted by Crippen LogP contribution is 2.02. The molecule has 5 heteroatoms. The maximum atomic E-state index is 11.0. The number of rotatable bonds is 2. The fraction of sp³-hybridized carbons (Fsp3) is 0. The van der Waals surface area contributed by atoms with Crippen LogP contribution in [0.2, 0.25) is 0 Å². The van der Waals surface area contributed by atoms with Crippen LogP contribution in [-0.4, -0.2) is 31.8 Å². The molecule has 0 saturated carbocycles. The number of ketones is 2. The Kier molecular flexibility index (Phi) is 2.69. The van der Waals surface area contributed by atoms with E-state index in [1.54, 1.807) is 0 Å². The van der Waals surface area contributed by atoms with Crippen LogP contribution in [0.25, 0.3) is 0 Å². The van der Waals surface area contributed by atoms with Crippen molar-refractivity contribution in [2.45, 2.75) is 0 Å². The number of hydrogen-bond donors (Lipinski definition) is 0. The van der Waals surface area contributed by atoms with Crippen LogP contribution in [0.3, 0.4) is 0 Å². The molecule has 0 heterocycles. The summed E-state index contributed by atoms with van der Waals surface area (Å²) < 4.78 is 5.00. The van der Waals surface area contributed by atoms with Crippen LogP contribution in [0.1, 0.15) is 0 Å². The van der Waals surface area contributed by atoms with Crippen molar-refractivity contribution in [1.29, 1.82) is 0 Å². The Morgan fingerprint density at radius 1 is 1.36 bits per heavy atom. The van der Waals surface area contributed by atoms with Crippen molar-refractivity contribution < 1.29 is 13.7 Å². The van der Waals surface area contributed by atoms with Gasteiger partial charge >= 0.3 is 0 Å². The van der Waals surface area contributed by atoms with E-state index >= 15 is 0 Å². The smallest absolute Gasteiger partial charge is 0.182 e. The third-order valence-corrected chi connectivity index (χ3v) is 3.35. The van der Waals surface area contributed by atoms with E-state index in [4.69, 9.17) is 4.12 Å². The predicted octanol–water partition coefficient (Wildman–Crippen LogP) is -2.04. The molecule has 0 bridgehead atoms. The molecule has 0 aromatic carbocycles. The summed E-state index contributed by atoms with van der Waals surface area (Å²) in [5.74, 6) is -0.169. The molecule has 0 unspecified atom stereocenters. The fourth-order valence-corrected chi connectivity index (χ4v) is 2.61. The average molecular weight is 184 g/mol. The lowest BCUT2D eigenvalue weighted by molar-refractivity contribution is -0.114. The van der Waals surface area contributed by atoms with Gasteiger partial charge in [0.1, 0.15) is 10.5 Å². The summed E-state index contributed by atoms with van der Waals surface area (Å²) in [7, 11) is -0.262. The van der Waals surface area contributed by atoms with E-state index in [2.05, 4.69) is 0 Å². The number of hydrogen-bond acceptors (Lipinski definition) is 3. The summed E-state index contributed by atoms with van der Waals surface area (Å²) in [6, 6.07) is 0. The molecule has 0 amide bonds. The van der Waals surface area contributed by atoms with Gasteiger partial charge in [-0.3, -0.25) is 9.59 Å². The van der Waals surface area contributed by atoms with Gasteiger partial charge in [-0.25, -0.2) is 0 Å². The summed E-state index contributed by atoms with van der Waals surface area (Å²) in [4.78, 5) is 21.7. The monoisotopic (exact) mass is 184 g/mol. The molecule has 1 rings (SSSR count). The molecule has 0 radical (unpaired) electrons. The SMILES string of the molecule is O=C1C=CC(=O)C([SiH2]O[SiH3])=C1.